The van der Waals surface area contributed by atoms with Crippen molar-refractivity contribution < 1.29 is 14.5 Å². The van der Waals surface area contributed by atoms with Crippen molar-refractivity contribution in [3.63, 3.8) is 0 Å². The van der Waals surface area contributed by atoms with Crippen molar-refractivity contribution in [2.24, 2.45) is 0 Å². The first kappa shape index (κ1) is 15.2. The Kier molecular flexibility index (Phi) is 4.69. The Morgan fingerprint density at radius 1 is 1.67 bits per heavy atom. The molecule has 0 aliphatic carbocycles. The van der Waals surface area contributed by atoms with E-state index >= 15 is 0 Å². The second kappa shape index (κ2) is 6.49. The van der Waals surface area contributed by atoms with Crippen molar-refractivity contribution in [2.45, 2.75) is 25.9 Å². The Balaban J connectivity index is 2.23. The maximum absolute atomic E-state index is 12.5. The molecule has 1 atom stereocenters. The summed E-state index contributed by atoms with van der Waals surface area (Å²) < 4.78 is 5.51. The molecule has 21 heavy (non-hydrogen) atoms. The fraction of sp³-hybridized carbons (Fsp3) is 0.538. The minimum Gasteiger partial charge on any atom is -0.384 e. The zero-order chi connectivity index (χ0) is 15.4. The molecule has 1 aliphatic heterocycles. The molecule has 2 rings (SSSR count). The third-order valence-corrected chi connectivity index (χ3v) is 3.45. The maximum atomic E-state index is 12.5. The number of amides is 1. The molecule has 0 radical (unpaired) electrons. The van der Waals surface area contributed by atoms with E-state index in [9.17, 15) is 14.9 Å². The van der Waals surface area contributed by atoms with Gasteiger partial charge in [-0.1, -0.05) is 0 Å². The van der Waals surface area contributed by atoms with E-state index in [1.807, 2.05) is 6.92 Å². The van der Waals surface area contributed by atoms with Gasteiger partial charge in [-0.2, -0.15) is 0 Å². The lowest BCUT2D eigenvalue weighted by Gasteiger charge is -2.24. The summed E-state index contributed by atoms with van der Waals surface area (Å²) in [6.07, 6.45) is 2.87. The Morgan fingerprint density at radius 3 is 3.00 bits per heavy atom. The predicted molar refractivity (Wildman–Crippen MR) is 75.9 cm³/mol. The Labute approximate surface area is 122 Å². The predicted octanol–water partition coefficient (Wildman–Crippen LogP) is 1.21. The molecule has 1 saturated heterocycles. The van der Waals surface area contributed by atoms with Crippen molar-refractivity contribution in [1.29, 1.82) is 0 Å². The molecule has 2 N–H and O–H groups in total. The van der Waals surface area contributed by atoms with Crippen LogP contribution in [0.15, 0.2) is 12.3 Å². The second-order valence-corrected chi connectivity index (χ2v) is 4.86. The highest BCUT2D eigenvalue weighted by atomic mass is 16.6. The van der Waals surface area contributed by atoms with E-state index < -0.39 is 10.8 Å². The summed E-state index contributed by atoms with van der Waals surface area (Å²) in [5.41, 5.74) is 5.17. The summed E-state index contributed by atoms with van der Waals surface area (Å²) in [6.45, 7) is 3.38. The summed E-state index contributed by atoms with van der Waals surface area (Å²) in [6, 6.07) is 1.25. The van der Waals surface area contributed by atoms with E-state index in [0.717, 1.165) is 19.0 Å². The number of likely N-dealkylation sites (N-methyl/N-ethyl adjacent to an activating group) is 1. The molecule has 8 heteroatoms. The lowest BCUT2D eigenvalue weighted by atomic mass is 10.1. The van der Waals surface area contributed by atoms with Gasteiger partial charge in [0.2, 0.25) is 0 Å². The number of hydrogen-bond donors (Lipinski definition) is 1. The molecule has 0 aromatic carbocycles. The lowest BCUT2D eigenvalue weighted by molar-refractivity contribution is -0.385. The van der Waals surface area contributed by atoms with Gasteiger partial charge in [0, 0.05) is 19.7 Å². The molecule has 1 aromatic heterocycles. The average molecular weight is 294 g/mol. The SMILES string of the molecule is CCN(CC1CCCO1)C(=O)c1cc(N)ncc1[N+](=O)[O-]. The van der Waals surface area contributed by atoms with Crippen LogP contribution in [0.5, 0.6) is 0 Å². The van der Waals surface area contributed by atoms with Crippen LogP contribution in [0.4, 0.5) is 11.5 Å². The van der Waals surface area contributed by atoms with Crippen LogP contribution in [0.25, 0.3) is 0 Å². The number of aromatic nitrogens is 1. The molecule has 0 bridgehead atoms. The van der Waals surface area contributed by atoms with Crippen molar-refractivity contribution in [2.75, 3.05) is 25.4 Å². The molecule has 0 spiro atoms. The first-order valence-electron chi connectivity index (χ1n) is 6.83. The summed E-state index contributed by atoms with van der Waals surface area (Å²) in [7, 11) is 0. The molecular weight excluding hydrogens is 276 g/mol. The van der Waals surface area contributed by atoms with Crippen LogP contribution >= 0.6 is 0 Å². The highest BCUT2D eigenvalue weighted by molar-refractivity contribution is 5.98. The number of nitrogen functional groups attached to an aromatic ring is 1. The van der Waals surface area contributed by atoms with E-state index in [0.29, 0.717) is 19.7 Å². The van der Waals surface area contributed by atoms with Crippen LogP contribution < -0.4 is 5.73 Å². The normalized spacial score (nSPS) is 17.7. The standard InChI is InChI=1S/C13H18N4O4/c1-2-16(8-9-4-3-5-21-9)13(18)10-6-12(14)15-7-11(10)17(19)20/h6-7,9H,2-5,8H2,1H3,(H2,14,15). The minimum absolute atomic E-state index is 0.00728. The van der Waals surface area contributed by atoms with Crippen LogP contribution in [0.3, 0.4) is 0 Å². The number of carbonyl (C=O) groups is 1. The van der Waals surface area contributed by atoms with Crippen LogP contribution in [-0.2, 0) is 4.74 Å². The highest BCUT2D eigenvalue weighted by Crippen LogP contribution is 2.22. The monoisotopic (exact) mass is 294 g/mol. The third kappa shape index (κ3) is 3.46. The van der Waals surface area contributed by atoms with Gasteiger partial charge in [0.05, 0.1) is 11.0 Å². The van der Waals surface area contributed by atoms with E-state index in [2.05, 4.69) is 4.98 Å². The molecule has 8 nitrogen and oxygen atoms in total. The number of nitro groups is 1. The van der Waals surface area contributed by atoms with Gasteiger partial charge in [-0.05, 0) is 25.8 Å². The molecule has 0 saturated carbocycles. The first-order chi connectivity index (χ1) is 10.0. The maximum Gasteiger partial charge on any atom is 0.300 e. The minimum atomic E-state index is -0.625. The topological polar surface area (TPSA) is 112 Å². The largest absolute Gasteiger partial charge is 0.384 e. The number of anilines is 1. The number of ether oxygens (including phenoxy) is 1. The number of nitrogens with zero attached hydrogens (tertiary/aromatic N) is 3. The van der Waals surface area contributed by atoms with E-state index in [-0.39, 0.29) is 23.2 Å². The zero-order valence-corrected chi connectivity index (χ0v) is 11.8. The lowest BCUT2D eigenvalue weighted by Crippen LogP contribution is -2.37. The molecule has 1 unspecified atom stereocenters. The van der Waals surface area contributed by atoms with Crippen LogP contribution in [0, 0.1) is 10.1 Å². The fourth-order valence-electron chi connectivity index (χ4n) is 2.34. The molecule has 2 heterocycles. The van der Waals surface area contributed by atoms with E-state index in [1.165, 1.54) is 11.0 Å². The van der Waals surface area contributed by atoms with Gasteiger partial charge in [-0.15, -0.1) is 0 Å². The zero-order valence-electron chi connectivity index (χ0n) is 11.8. The highest BCUT2D eigenvalue weighted by Gasteiger charge is 2.27. The van der Waals surface area contributed by atoms with Crippen LogP contribution in [0.2, 0.25) is 0 Å². The Bertz CT molecular complexity index is 543. The number of rotatable bonds is 5. The van der Waals surface area contributed by atoms with Crippen LogP contribution in [-0.4, -0.2) is 46.5 Å². The molecule has 1 aliphatic rings. The number of carbonyl (C=O) groups excluding carboxylic acids is 1. The van der Waals surface area contributed by atoms with Gasteiger partial charge in [-0.25, -0.2) is 4.98 Å². The smallest absolute Gasteiger partial charge is 0.300 e. The van der Waals surface area contributed by atoms with Gasteiger partial charge in [0.15, 0.2) is 0 Å². The van der Waals surface area contributed by atoms with Crippen LogP contribution in [0.1, 0.15) is 30.1 Å². The van der Waals surface area contributed by atoms with Crippen molar-refractivity contribution in [3.8, 4) is 0 Å². The molecule has 1 amide bonds. The van der Waals surface area contributed by atoms with Gasteiger partial charge in [0.1, 0.15) is 17.6 Å². The Hall–Kier alpha value is -2.22. The Morgan fingerprint density at radius 2 is 2.43 bits per heavy atom. The number of pyridine rings is 1. The molecule has 1 fully saturated rings. The van der Waals surface area contributed by atoms with Gasteiger partial charge in [0.25, 0.3) is 11.6 Å². The molecule has 1 aromatic rings. The van der Waals surface area contributed by atoms with E-state index in [4.69, 9.17) is 10.5 Å². The molecule has 114 valence electrons. The van der Waals surface area contributed by atoms with E-state index in [1.54, 1.807) is 0 Å². The fourth-order valence-corrected chi connectivity index (χ4v) is 2.34. The number of nitrogens with two attached hydrogens (primary N) is 1. The quantitative estimate of drug-likeness (QED) is 0.645. The molecular formula is C13H18N4O4. The van der Waals surface area contributed by atoms with Crippen molar-refractivity contribution in [1.82, 2.24) is 9.88 Å². The van der Waals surface area contributed by atoms with Gasteiger partial charge >= 0.3 is 0 Å². The first-order valence-corrected chi connectivity index (χ1v) is 6.83. The third-order valence-electron chi connectivity index (χ3n) is 3.45. The summed E-state index contributed by atoms with van der Waals surface area (Å²) >= 11 is 0. The summed E-state index contributed by atoms with van der Waals surface area (Å²) in [4.78, 5) is 28.1. The van der Waals surface area contributed by atoms with Crippen molar-refractivity contribution >= 4 is 17.4 Å². The van der Waals surface area contributed by atoms with Gasteiger partial charge in [-0.3, -0.25) is 14.9 Å². The van der Waals surface area contributed by atoms with Gasteiger partial charge < -0.3 is 15.4 Å². The average Bonchev–Trinajstić information content (AvgIpc) is 2.96. The number of hydrogen-bond acceptors (Lipinski definition) is 6. The summed E-state index contributed by atoms with van der Waals surface area (Å²) in [5.74, 6) is -0.342. The van der Waals surface area contributed by atoms with Crippen molar-refractivity contribution in [3.05, 3.63) is 27.9 Å². The summed E-state index contributed by atoms with van der Waals surface area (Å²) in [5, 5.41) is 11.0. The second-order valence-electron chi connectivity index (χ2n) is 4.86.